The molecule has 2 aromatic carbocycles. The summed E-state index contributed by atoms with van der Waals surface area (Å²) in [5.41, 5.74) is 2.70. The van der Waals surface area contributed by atoms with Crippen LogP contribution in [-0.4, -0.2) is 44.2 Å². The minimum absolute atomic E-state index is 0.185. The summed E-state index contributed by atoms with van der Waals surface area (Å²) in [6.45, 7) is 0.309. The fourth-order valence-electron chi connectivity index (χ4n) is 2.63. The topological polar surface area (TPSA) is 128 Å². The summed E-state index contributed by atoms with van der Waals surface area (Å²) in [6, 6.07) is 15.0. The Morgan fingerprint density at radius 2 is 1.83 bits per heavy atom. The van der Waals surface area contributed by atoms with Gasteiger partial charge in [-0.3, -0.25) is 19.0 Å². The molecule has 2 rings (SSSR count). The summed E-state index contributed by atoms with van der Waals surface area (Å²) in [7, 11) is 0. The molecule has 0 bridgehead atoms. The first-order valence-electron chi connectivity index (χ1n) is 9.24. The third kappa shape index (κ3) is 8.56. The second-order valence-corrected chi connectivity index (χ2v) is 7.32. The fraction of sp³-hybridized carbons (Fsp3) is 0.238. The number of rotatable bonds is 11. The highest BCUT2D eigenvalue weighted by Crippen LogP contribution is 2.13. The molecule has 9 heteroatoms. The molecule has 0 saturated carbocycles. The molecule has 0 aliphatic heterocycles. The molecule has 2 atom stereocenters. The van der Waals surface area contributed by atoms with Gasteiger partial charge in [0.05, 0.1) is 6.61 Å². The van der Waals surface area contributed by atoms with E-state index >= 15 is 0 Å². The van der Waals surface area contributed by atoms with Gasteiger partial charge in [0.1, 0.15) is 5.75 Å². The Labute approximate surface area is 177 Å². The maximum absolute atomic E-state index is 12.1. The summed E-state index contributed by atoms with van der Waals surface area (Å²) < 4.78 is 27.7. The molecule has 0 aliphatic rings. The number of hydrogen-bond donors (Lipinski definition) is 3. The summed E-state index contributed by atoms with van der Waals surface area (Å²) in [5, 5.41) is 11.3. The van der Waals surface area contributed by atoms with Gasteiger partial charge in [0.2, 0.25) is 5.91 Å². The van der Waals surface area contributed by atoms with Gasteiger partial charge >= 0.3 is 0 Å². The van der Waals surface area contributed by atoms with Gasteiger partial charge in [0.25, 0.3) is 5.91 Å². The number of nitrogens with one attached hydrogen (secondary N) is 2. The predicted octanol–water partition coefficient (Wildman–Crippen LogP) is 2.04. The minimum Gasteiger partial charge on any atom is -0.772 e. The first-order valence-corrected chi connectivity index (χ1v) is 10.5. The fourth-order valence-corrected chi connectivity index (χ4v) is 3.21. The van der Waals surface area contributed by atoms with E-state index < -0.39 is 23.0 Å². The molecule has 2 aromatic rings. The average molecular weight is 431 g/mol. The van der Waals surface area contributed by atoms with Crippen molar-refractivity contribution in [3.8, 4) is 5.75 Å². The van der Waals surface area contributed by atoms with Crippen LogP contribution < -0.4 is 15.5 Å². The van der Waals surface area contributed by atoms with Crippen LogP contribution in [0.3, 0.4) is 0 Å². The Morgan fingerprint density at radius 3 is 2.47 bits per heavy atom. The Hall–Kier alpha value is -3.01. The molecular formula is C21H23N2O6S-. The van der Waals surface area contributed by atoms with Crippen LogP contribution in [0.5, 0.6) is 5.75 Å². The molecule has 2 amide bonds. The van der Waals surface area contributed by atoms with Crippen LogP contribution in [0.2, 0.25) is 0 Å². The van der Waals surface area contributed by atoms with E-state index in [-0.39, 0.29) is 17.2 Å². The normalized spacial score (nSPS) is 12.9. The van der Waals surface area contributed by atoms with E-state index in [1.54, 1.807) is 23.7 Å². The van der Waals surface area contributed by atoms with Gasteiger partial charge < -0.3 is 14.6 Å². The molecule has 0 saturated heterocycles. The predicted molar refractivity (Wildman–Crippen MR) is 112 cm³/mol. The van der Waals surface area contributed by atoms with Crippen LogP contribution in [0.25, 0.3) is 6.08 Å². The molecule has 0 radical (unpaired) electrons. The lowest BCUT2D eigenvalue weighted by molar-refractivity contribution is -0.117. The Balaban J connectivity index is 1.80. The SMILES string of the molecule is O=C(/C=C/c1ccccc1)N[C@H](CCCOc1ccc(C(=O)NO)cc1)CS(=O)[O-]. The number of amides is 2. The highest BCUT2D eigenvalue weighted by atomic mass is 32.2. The van der Waals surface area contributed by atoms with E-state index in [4.69, 9.17) is 9.94 Å². The highest BCUT2D eigenvalue weighted by molar-refractivity contribution is 7.79. The van der Waals surface area contributed by atoms with Gasteiger partial charge in [0, 0.05) is 23.4 Å². The van der Waals surface area contributed by atoms with E-state index in [1.165, 1.54) is 18.2 Å². The zero-order valence-corrected chi connectivity index (χ0v) is 17.0. The number of ether oxygens (including phenoxy) is 1. The Bertz CT molecular complexity index is 871. The monoisotopic (exact) mass is 431 g/mol. The van der Waals surface area contributed by atoms with Crippen molar-refractivity contribution in [3.63, 3.8) is 0 Å². The van der Waals surface area contributed by atoms with Crippen LogP contribution in [0, 0.1) is 0 Å². The van der Waals surface area contributed by atoms with Crippen molar-refractivity contribution in [1.29, 1.82) is 0 Å². The second kappa shape index (κ2) is 12.5. The average Bonchev–Trinajstić information content (AvgIpc) is 2.75. The van der Waals surface area contributed by atoms with Crippen molar-refractivity contribution in [2.75, 3.05) is 12.4 Å². The molecule has 0 spiro atoms. The number of carbonyl (C=O) groups is 2. The van der Waals surface area contributed by atoms with Crippen LogP contribution in [0.15, 0.2) is 60.7 Å². The van der Waals surface area contributed by atoms with E-state index in [0.717, 1.165) is 5.56 Å². The molecule has 3 N–H and O–H groups in total. The zero-order chi connectivity index (χ0) is 21.8. The molecule has 8 nitrogen and oxygen atoms in total. The van der Waals surface area contributed by atoms with Crippen LogP contribution in [0.1, 0.15) is 28.8 Å². The van der Waals surface area contributed by atoms with Gasteiger partial charge in [-0.25, -0.2) is 5.48 Å². The van der Waals surface area contributed by atoms with Crippen LogP contribution in [-0.2, 0) is 15.9 Å². The third-order valence-electron chi connectivity index (χ3n) is 4.09. The van der Waals surface area contributed by atoms with Crippen molar-refractivity contribution < 1.29 is 28.3 Å². The second-order valence-electron chi connectivity index (χ2n) is 6.38. The van der Waals surface area contributed by atoms with E-state index in [2.05, 4.69) is 5.32 Å². The Morgan fingerprint density at radius 1 is 1.13 bits per heavy atom. The van der Waals surface area contributed by atoms with Crippen molar-refractivity contribution in [1.82, 2.24) is 10.8 Å². The number of benzene rings is 2. The summed E-state index contributed by atoms with van der Waals surface area (Å²) >= 11 is -2.29. The summed E-state index contributed by atoms with van der Waals surface area (Å²) in [6.07, 6.45) is 3.97. The summed E-state index contributed by atoms with van der Waals surface area (Å²) in [4.78, 5) is 23.4. The number of carbonyl (C=O) groups excluding carboxylic acids is 2. The van der Waals surface area contributed by atoms with E-state index in [0.29, 0.717) is 25.2 Å². The highest BCUT2D eigenvalue weighted by Gasteiger charge is 2.11. The molecule has 0 aliphatic carbocycles. The Kier molecular flexibility index (Phi) is 9.72. The van der Waals surface area contributed by atoms with Gasteiger partial charge in [-0.05, 0) is 48.7 Å². The molecule has 160 valence electrons. The molecule has 0 aromatic heterocycles. The zero-order valence-electron chi connectivity index (χ0n) is 16.2. The minimum atomic E-state index is -2.29. The maximum atomic E-state index is 12.1. The van der Waals surface area contributed by atoms with Crippen molar-refractivity contribution in [2.45, 2.75) is 18.9 Å². The molecule has 0 fully saturated rings. The molecular weight excluding hydrogens is 408 g/mol. The smallest absolute Gasteiger partial charge is 0.274 e. The standard InChI is InChI=1S/C21H24N2O6S/c24-20(13-8-16-5-2-1-3-6-16)22-18(15-30(27)28)7-4-14-29-19-11-9-17(10-12-19)21(25)23-26/h1-3,5-6,8-13,18,26H,4,7,14-15H2,(H,22,24)(H,23,25)(H,27,28)/p-1/b13-8+/t18-/m1/s1. The lowest BCUT2D eigenvalue weighted by Crippen LogP contribution is -2.38. The molecule has 0 heterocycles. The molecule has 30 heavy (non-hydrogen) atoms. The van der Waals surface area contributed by atoms with Gasteiger partial charge in [-0.15, -0.1) is 0 Å². The third-order valence-corrected chi connectivity index (χ3v) is 4.77. The van der Waals surface area contributed by atoms with Crippen molar-refractivity contribution in [3.05, 3.63) is 71.8 Å². The summed E-state index contributed by atoms with van der Waals surface area (Å²) in [5.74, 6) is -0.640. The quantitative estimate of drug-likeness (QED) is 0.164. The lowest BCUT2D eigenvalue weighted by atomic mass is 10.1. The largest absolute Gasteiger partial charge is 0.772 e. The van der Waals surface area contributed by atoms with E-state index in [1.807, 2.05) is 30.3 Å². The number of hydroxylamine groups is 1. The first kappa shape index (κ1) is 23.3. The maximum Gasteiger partial charge on any atom is 0.274 e. The van der Waals surface area contributed by atoms with Crippen molar-refractivity contribution >= 4 is 29.0 Å². The van der Waals surface area contributed by atoms with Gasteiger partial charge in [-0.2, -0.15) is 0 Å². The van der Waals surface area contributed by atoms with Gasteiger partial charge in [0.15, 0.2) is 0 Å². The lowest BCUT2D eigenvalue weighted by Gasteiger charge is -2.19. The van der Waals surface area contributed by atoms with E-state index in [9.17, 15) is 18.4 Å². The van der Waals surface area contributed by atoms with Crippen LogP contribution in [0.4, 0.5) is 0 Å². The molecule has 1 unspecified atom stereocenters. The number of hydrogen-bond acceptors (Lipinski definition) is 6. The van der Waals surface area contributed by atoms with Gasteiger partial charge in [-0.1, -0.05) is 41.4 Å². The first-order chi connectivity index (χ1) is 14.5. The van der Waals surface area contributed by atoms with Crippen LogP contribution >= 0.6 is 0 Å². The van der Waals surface area contributed by atoms with Crippen molar-refractivity contribution in [2.24, 2.45) is 0 Å².